The molecule has 0 aromatic heterocycles. The number of halogens is 3. The zero-order valence-corrected chi connectivity index (χ0v) is 11.3. The van der Waals surface area contributed by atoms with Crippen LogP contribution in [-0.4, -0.2) is 78.4 Å². The summed E-state index contributed by atoms with van der Waals surface area (Å²) in [4.78, 5) is 26.0. The van der Waals surface area contributed by atoms with Gasteiger partial charge >= 0.3 is 6.18 Å². The molecule has 2 aliphatic rings. The minimum Gasteiger partial charge on any atom is -0.394 e. The van der Waals surface area contributed by atoms with Gasteiger partial charge in [0.1, 0.15) is 6.54 Å². The zero-order valence-electron chi connectivity index (χ0n) is 11.3. The highest BCUT2D eigenvalue weighted by Gasteiger charge is 2.42. The Labute approximate surface area is 119 Å². The zero-order chi connectivity index (χ0) is 15.6. The van der Waals surface area contributed by atoms with Crippen LogP contribution in [0.25, 0.3) is 0 Å². The molecule has 0 spiro atoms. The lowest BCUT2D eigenvalue weighted by atomic mass is 10.1. The van der Waals surface area contributed by atoms with Gasteiger partial charge in [-0.05, 0) is 0 Å². The summed E-state index contributed by atoms with van der Waals surface area (Å²) in [6, 6.07) is -0.502. The Morgan fingerprint density at radius 2 is 2.14 bits per heavy atom. The van der Waals surface area contributed by atoms with Crippen LogP contribution >= 0.6 is 0 Å². The van der Waals surface area contributed by atoms with Crippen molar-refractivity contribution in [3.05, 3.63) is 0 Å². The fraction of sp³-hybridized carbons (Fsp3) is 0.833. The van der Waals surface area contributed by atoms with Gasteiger partial charge in [0.2, 0.25) is 11.8 Å². The number of aliphatic hydroxyl groups excluding tert-OH is 1. The first-order valence-electron chi connectivity index (χ1n) is 6.65. The highest BCUT2D eigenvalue weighted by Crippen LogP contribution is 2.26. The van der Waals surface area contributed by atoms with Gasteiger partial charge in [-0.2, -0.15) is 13.2 Å². The van der Waals surface area contributed by atoms with E-state index in [0.717, 1.165) is 0 Å². The summed E-state index contributed by atoms with van der Waals surface area (Å²) in [5.74, 6) is -1.85. The third kappa shape index (κ3) is 3.85. The molecule has 1 N–H and O–H groups in total. The van der Waals surface area contributed by atoms with E-state index in [1.807, 2.05) is 0 Å². The summed E-state index contributed by atoms with van der Waals surface area (Å²) < 4.78 is 42.2. The molecule has 0 aromatic carbocycles. The van der Waals surface area contributed by atoms with E-state index >= 15 is 0 Å². The van der Waals surface area contributed by atoms with Crippen molar-refractivity contribution in [2.45, 2.75) is 18.6 Å². The molecule has 0 saturated carbocycles. The van der Waals surface area contributed by atoms with Crippen LogP contribution in [-0.2, 0) is 14.3 Å². The number of likely N-dealkylation sites (tertiary alicyclic amines) is 1. The summed E-state index contributed by atoms with van der Waals surface area (Å²) in [7, 11) is 0. The lowest BCUT2D eigenvalue weighted by Crippen LogP contribution is -2.52. The van der Waals surface area contributed by atoms with Crippen LogP contribution < -0.4 is 0 Å². The summed E-state index contributed by atoms with van der Waals surface area (Å²) in [6.07, 6.45) is -4.69. The highest BCUT2D eigenvalue weighted by molar-refractivity contribution is 5.89. The number of carbonyl (C=O) groups is 2. The van der Waals surface area contributed by atoms with Gasteiger partial charge in [-0.25, -0.2) is 0 Å². The number of aliphatic hydroxyl groups is 1. The Balaban J connectivity index is 1.99. The normalized spacial score (nSPS) is 27.3. The average Bonchev–Trinajstić information content (AvgIpc) is 2.77. The van der Waals surface area contributed by atoms with E-state index in [0.29, 0.717) is 11.5 Å². The third-order valence-corrected chi connectivity index (χ3v) is 3.66. The molecule has 0 radical (unpaired) electrons. The third-order valence-electron chi connectivity index (χ3n) is 3.66. The van der Waals surface area contributed by atoms with Crippen LogP contribution in [0, 0.1) is 5.92 Å². The van der Waals surface area contributed by atoms with Gasteiger partial charge in [0, 0.05) is 19.5 Å². The van der Waals surface area contributed by atoms with Crippen molar-refractivity contribution in [2.75, 3.05) is 39.5 Å². The molecule has 2 amide bonds. The number of morpholine rings is 1. The van der Waals surface area contributed by atoms with E-state index in [4.69, 9.17) is 4.74 Å². The van der Waals surface area contributed by atoms with Crippen molar-refractivity contribution in [2.24, 2.45) is 5.92 Å². The molecule has 2 heterocycles. The molecule has 0 bridgehead atoms. The van der Waals surface area contributed by atoms with E-state index in [9.17, 15) is 27.9 Å². The second-order valence-electron chi connectivity index (χ2n) is 5.23. The first-order valence-corrected chi connectivity index (χ1v) is 6.65. The van der Waals surface area contributed by atoms with Gasteiger partial charge in [-0.3, -0.25) is 9.59 Å². The van der Waals surface area contributed by atoms with Crippen LogP contribution in [0.3, 0.4) is 0 Å². The predicted molar refractivity (Wildman–Crippen MR) is 64.1 cm³/mol. The number of alkyl halides is 3. The van der Waals surface area contributed by atoms with Crippen LogP contribution in [0.15, 0.2) is 0 Å². The molecule has 2 atom stereocenters. The lowest BCUT2D eigenvalue weighted by molar-refractivity contribution is -0.157. The average molecular weight is 310 g/mol. The molecule has 21 heavy (non-hydrogen) atoms. The van der Waals surface area contributed by atoms with Gasteiger partial charge in [-0.1, -0.05) is 0 Å². The Kier molecular flexibility index (Phi) is 4.72. The Bertz CT molecular complexity index is 416. The summed E-state index contributed by atoms with van der Waals surface area (Å²) in [5.41, 5.74) is 0. The molecule has 120 valence electrons. The van der Waals surface area contributed by atoms with Crippen molar-refractivity contribution in [3.63, 3.8) is 0 Å². The molecule has 2 fully saturated rings. The molecule has 2 saturated heterocycles. The maximum absolute atomic E-state index is 12.3. The Hall–Kier alpha value is -1.35. The first-order chi connectivity index (χ1) is 9.81. The molecule has 2 rings (SSSR count). The maximum atomic E-state index is 12.3. The molecule has 0 aromatic rings. The van der Waals surface area contributed by atoms with Gasteiger partial charge < -0.3 is 19.6 Å². The van der Waals surface area contributed by atoms with Gasteiger partial charge in [-0.15, -0.1) is 0 Å². The largest absolute Gasteiger partial charge is 0.406 e. The second-order valence-corrected chi connectivity index (χ2v) is 5.23. The quantitative estimate of drug-likeness (QED) is 0.771. The molecular weight excluding hydrogens is 293 g/mol. The number of ether oxygens (including phenoxy) is 1. The summed E-state index contributed by atoms with van der Waals surface area (Å²) in [5, 5.41) is 9.21. The Morgan fingerprint density at radius 1 is 1.43 bits per heavy atom. The molecule has 9 heteroatoms. The smallest absolute Gasteiger partial charge is 0.394 e. The Morgan fingerprint density at radius 3 is 2.76 bits per heavy atom. The van der Waals surface area contributed by atoms with E-state index in [1.54, 1.807) is 0 Å². The lowest BCUT2D eigenvalue weighted by Gasteiger charge is -2.36. The SMILES string of the molecule is O=C1CC(C(=O)N2CCOCC2CO)CN1CC(F)(F)F. The molecule has 2 unspecified atom stereocenters. The second kappa shape index (κ2) is 6.18. The fourth-order valence-electron chi connectivity index (χ4n) is 2.64. The van der Waals surface area contributed by atoms with E-state index < -0.39 is 36.5 Å². The monoisotopic (exact) mass is 310 g/mol. The number of carbonyl (C=O) groups excluding carboxylic acids is 2. The number of rotatable bonds is 3. The number of amides is 2. The van der Waals surface area contributed by atoms with Crippen molar-refractivity contribution >= 4 is 11.8 Å². The molecule has 6 nitrogen and oxygen atoms in total. The number of nitrogens with zero attached hydrogens (tertiary/aromatic N) is 2. The van der Waals surface area contributed by atoms with Gasteiger partial charge in [0.15, 0.2) is 0 Å². The first kappa shape index (κ1) is 16.0. The standard InChI is InChI=1S/C12H17F3N2O4/c13-12(14,15)7-16-4-8(3-10(16)19)11(20)17-1-2-21-6-9(17)5-18/h8-9,18H,1-7H2. The minimum absolute atomic E-state index is 0.190. The van der Waals surface area contributed by atoms with Crippen LogP contribution in [0.2, 0.25) is 0 Å². The maximum Gasteiger partial charge on any atom is 0.406 e. The van der Waals surface area contributed by atoms with Crippen molar-refractivity contribution < 1.29 is 32.6 Å². The predicted octanol–water partition coefficient (Wildman–Crippen LogP) is -0.383. The van der Waals surface area contributed by atoms with Gasteiger partial charge in [0.25, 0.3) is 0 Å². The van der Waals surface area contributed by atoms with Crippen LogP contribution in [0.5, 0.6) is 0 Å². The molecular formula is C12H17F3N2O4. The highest BCUT2D eigenvalue weighted by atomic mass is 19.4. The van der Waals surface area contributed by atoms with Crippen molar-refractivity contribution in [1.82, 2.24) is 9.80 Å². The van der Waals surface area contributed by atoms with Crippen molar-refractivity contribution in [3.8, 4) is 0 Å². The van der Waals surface area contributed by atoms with Crippen molar-refractivity contribution in [1.29, 1.82) is 0 Å². The van der Waals surface area contributed by atoms with E-state index in [2.05, 4.69) is 0 Å². The van der Waals surface area contributed by atoms with Crippen LogP contribution in [0.4, 0.5) is 13.2 Å². The topological polar surface area (TPSA) is 70.1 Å². The number of hydrogen-bond acceptors (Lipinski definition) is 4. The summed E-state index contributed by atoms with van der Waals surface area (Å²) >= 11 is 0. The minimum atomic E-state index is -4.47. The van der Waals surface area contributed by atoms with Crippen LogP contribution in [0.1, 0.15) is 6.42 Å². The van der Waals surface area contributed by atoms with E-state index in [-0.39, 0.29) is 32.7 Å². The summed E-state index contributed by atoms with van der Waals surface area (Å²) in [6.45, 7) is -1.06. The number of hydrogen-bond donors (Lipinski definition) is 1. The fourth-order valence-corrected chi connectivity index (χ4v) is 2.64. The molecule has 2 aliphatic heterocycles. The molecule has 0 aliphatic carbocycles. The van der Waals surface area contributed by atoms with Gasteiger partial charge in [0.05, 0.1) is 31.8 Å². The van der Waals surface area contributed by atoms with E-state index in [1.165, 1.54) is 4.90 Å².